The van der Waals surface area contributed by atoms with Crippen molar-refractivity contribution in [2.24, 2.45) is 0 Å². The summed E-state index contributed by atoms with van der Waals surface area (Å²) in [5.41, 5.74) is -0.236. The zero-order valence-corrected chi connectivity index (χ0v) is 14.7. The monoisotopic (exact) mass is 400 g/mol. The van der Waals surface area contributed by atoms with Gasteiger partial charge in [-0.1, -0.05) is 17.7 Å². The Bertz CT molecular complexity index is 801. The number of hydrogen-bond acceptors (Lipinski definition) is 10. The van der Waals surface area contributed by atoms with Crippen LogP contribution >= 0.6 is 11.6 Å². The van der Waals surface area contributed by atoms with Gasteiger partial charge in [0.1, 0.15) is 22.5 Å². The molecule has 0 fully saturated rings. The molecule has 0 spiro atoms. The lowest BCUT2D eigenvalue weighted by molar-refractivity contribution is -0.384. The highest BCUT2D eigenvalue weighted by Crippen LogP contribution is 2.39. The molecule has 0 unspecified atom stereocenters. The van der Waals surface area contributed by atoms with Crippen LogP contribution in [0.1, 0.15) is 11.5 Å². The van der Waals surface area contributed by atoms with E-state index < -0.39 is 28.8 Å². The number of hydrogen-bond donors (Lipinski definition) is 1. The van der Waals surface area contributed by atoms with Crippen molar-refractivity contribution in [2.45, 2.75) is 5.92 Å². The van der Waals surface area contributed by atoms with E-state index in [9.17, 15) is 24.9 Å². The zero-order chi connectivity index (χ0) is 20.1. The zero-order valence-electron chi connectivity index (χ0n) is 13.9. The number of benzene rings is 1. The molecule has 144 valence electrons. The highest BCUT2D eigenvalue weighted by atomic mass is 35.5. The van der Waals surface area contributed by atoms with Crippen LogP contribution in [0, 0.1) is 10.1 Å². The second-order valence-electron chi connectivity index (χ2n) is 4.96. The molecule has 0 aliphatic carbocycles. The second kappa shape index (κ2) is 8.38. The molecule has 1 N–H and O–H groups in total. The minimum Gasteiger partial charge on any atom is -0.437 e. The maximum atomic E-state index is 11.5. The molecule has 0 saturated heterocycles. The van der Waals surface area contributed by atoms with E-state index in [1.165, 1.54) is 12.1 Å². The Morgan fingerprint density at radius 2 is 1.67 bits per heavy atom. The van der Waals surface area contributed by atoms with Crippen molar-refractivity contribution in [3.8, 4) is 0 Å². The van der Waals surface area contributed by atoms with Crippen LogP contribution in [-0.2, 0) is 18.9 Å². The van der Waals surface area contributed by atoms with Crippen LogP contribution in [0.2, 0.25) is 5.02 Å². The fourth-order valence-electron chi connectivity index (χ4n) is 2.21. The number of rotatable bonds is 4. The third-order valence-corrected chi connectivity index (χ3v) is 3.64. The number of methoxy groups -OCH3 is 2. The molecule has 1 heterocycles. The number of hydroxylamine groups is 2. The largest absolute Gasteiger partial charge is 0.513 e. The SMILES string of the molecule is COC(=O)OC1=CN(O)C=C(OC(=O)OC)C1c1ccc(Cl)c([N+](=O)[O-])c1. The van der Waals surface area contributed by atoms with Gasteiger partial charge in [-0.3, -0.25) is 15.3 Å². The summed E-state index contributed by atoms with van der Waals surface area (Å²) >= 11 is 5.81. The van der Waals surface area contributed by atoms with Crippen LogP contribution in [0.4, 0.5) is 15.3 Å². The summed E-state index contributed by atoms with van der Waals surface area (Å²) in [6.07, 6.45) is -0.261. The van der Waals surface area contributed by atoms with Gasteiger partial charge in [0, 0.05) is 6.07 Å². The van der Waals surface area contributed by atoms with Gasteiger partial charge in [0.2, 0.25) is 0 Å². The number of ether oxygens (including phenoxy) is 4. The van der Waals surface area contributed by atoms with Gasteiger partial charge in [-0.2, -0.15) is 0 Å². The molecule has 27 heavy (non-hydrogen) atoms. The summed E-state index contributed by atoms with van der Waals surface area (Å²) < 4.78 is 18.8. The molecular formula is C15H13ClN2O9. The number of carbonyl (C=O) groups is 2. The number of nitrogens with zero attached hydrogens (tertiary/aromatic N) is 2. The van der Waals surface area contributed by atoms with Gasteiger partial charge < -0.3 is 18.9 Å². The van der Waals surface area contributed by atoms with E-state index in [4.69, 9.17) is 21.1 Å². The smallest absolute Gasteiger partial charge is 0.437 e. The summed E-state index contributed by atoms with van der Waals surface area (Å²) in [5.74, 6) is -1.59. The van der Waals surface area contributed by atoms with Crippen LogP contribution in [0.15, 0.2) is 42.1 Å². The first-order chi connectivity index (χ1) is 12.8. The van der Waals surface area contributed by atoms with Gasteiger partial charge in [-0.05, 0) is 11.6 Å². The topological polar surface area (TPSA) is 138 Å². The van der Waals surface area contributed by atoms with E-state index in [1.54, 1.807) is 0 Å². The third-order valence-electron chi connectivity index (χ3n) is 3.32. The molecule has 1 aliphatic heterocycles. The van der Waals surface area contributed by atoms with Gasteiger partial charge in [0.05, 0.1) is 31.5 Å². The lowest BCUT2D eigenvalue weighted by Crippen LogP contribution is -2.24. The van der Waals surface area contributed by atoms with E-state index in [0.717, 1.165) is 32.7 Å². The highest BCUT2D eigenvalue weighted by Gasteiger charge is 2.34. The van der Waals surface area contributed by atoms with Crippen molar-refractivity contribution in [1.82, 2.24) is 5.06 Å². The molecule has 0 bridgehead atoms. The van der Waals surface area contributed by atoms with Crippen molar-refractivity contribution in [1.29, 1.82) is 0 Å². The number of nitro groups is 1. The molecule has 0 saturated carbocycles. The van der Waals surface area contributed by atoms with Crippen molar-refractivity contribution in [3.63, 3.8) is 0 Å². The minimum absolute atomic E-state index is 0.123. The van der Waals surface area contributed by atoms with Crippen molar-refractivity contribution < 1.29 is 38.7 Å². The van der Waals surface area contributed by atoms with Crippen molar-refractivity contribution in [3.05, 3.63) is 62.8 Å². The number of nitro benzene ring substituents is 1. The molecule has 0 amide bonds. The summed E-state index contributed by atoms with van der Waals surface area (Å²) in [6, 6.07) is 3.77. The van der Waals surface area contributed by atoms with Gasteiger partial charge in [-0.15, -0.1) is 0 Å². The van der Waals surface area contributed by atoms with Crippen LogP contribution in [0.25, 0.3) is 0 Å². The van der Waals surface area contributed by atoms with Crippen molar-refractivity contribution in [2.75, 3.05) is 14.2 Å². The van der Waals surface area contributed by atoms with Crippen LogP contribution in [0.5, 0.6) is 0 Å². The average molecular weight is 401 g/mol. The predicted molar refractivity (Wildman–Crippen MR) is 87.6 cm³/mol. The molecule has 2 rings (SSSR count). The molecule has 11 nitrogen and oxygen atoms in total. The van der Waals surface area contributed by atoms with Crippen molar-refractivity contribution >= 4 is 29.6 Å². The van der Waals surface area contributed by atoms with Gasteiger partial charge in [0.15, 0.2) is 0 Å². The summed E-state index contributed by atoms with van der Waals surface area (Å²) in [5, 5.41) is 21.3. The molecule has 0 radical (unpaired) electrons. The lowest BCUT2D eigenvalue weighted by atomic mass is 9.93. The summed E-state index contributed by atoms with van der Waals surface area (Å²) in [6.45, 7) is 0. The number of halogens is 1. The number of carbonyl (C=O) groups excluding carboxylic acids is 2. The van der Waals surface area contributed by atoms with Crippen LogP contribution < -0.4 is 0 Å². The molecule has 1 aliphatic rings. The first kappa shape index (κ1) is 20.0. The quantitative estimate of drug-likeness (QED) is 0.455. The van der Waals surface area contributed by atoms with Crippen LogP contribution in [0.3, 0.4) is 0 Å². The van der Waals surface area contributed by atoms with E-state index in [1.807, 2.05) is 0 Å². The third kappa shape index (κ3) is 4.65. The minimum atomic E-state index is -1.12. The Morgan fingerprint density at radius 1 is 1.15 bits per heavy atom. The molecular weight excluding hydrogens is 388 g/mol. The van der Waals surface area contributed by atoms with E-state index >= 15 is 0 Å². The fraction of sp³-hybridized carbons (Fsp3) is 0.200. The average Bonchev–Trinajstić information content (AvgIpc) is 2.61. The molecule has 12 heteroatoms. The van der Waals surface area contributed by atoms with Gasteiger partial charge >= 0.3 is 12.3 Å². The lowest BCUT2D eigenvalue weighted by Gasteiger charge is -2.27. The fourth-order valence-corrected chi connectivity index (χ4v) is 2.40. The Labute approximate surface area is 157 Å². The van der Waals surface area contributed by atoms with Gasteiger partial charge in [-0.25, -0.2) is 14.7 Å². The van der Waals surface area contributed by atoms with E-state index in [-0.39, 0.29) is 22.1 Å². The Hall–Kier alpha value is -3.31. The first-order valence-corrected chi connectivity index (χ1v) is 7.50. The Balaban J connectivity index is 2.55. The molecule has 1 aromatic carbocycles. The maximum absolute atomic E-state index is 11.5. The Morgan fingerprint density at radius 3 is 2.11 bits per heavy atom. The summed E-state index contributed by atoms with van der Waals surface area (Å²) in [7, 11) is 2.12. The standard InChI is InChI=1S/C15H13ClN2O9/c1-24-14(19)26-11-6-17(21)7-12(27-15(20)25-2)13(11)8-3-4-9(16)10(5-8)18(22)23/h3-7,13,21H,1-2H3. The first-order valence-electron chi connectivity index (χ1n) is 7.13. The molecule has 0 atom stereocenters. The normalized spacial score (nSPS) is 14.0. The molecule has 1 aromatic rings. The van der Waals surface area contributed by atoms with E-state index in [2.05, 4.69) is 9.47 Å². The summed E-state index contributed by atoms with van der Waals surface area (Å²) in [4.78, 5) is 33.5. The Kier molecular flexibility index (Phi) is 6.21. The second-order valence-corrected chi connectivity index (χ2v) is 5.36. The van der Waals surface area contributed by atoms with Gasteiger partial charge in [0.25, 0.3) is 5.69 Å². The van der Waals surface area contributed by atoms with E-state index in [0.29, 0.717) is 5.06 Å². The maximum Gasteiger partial charge on any atom is 0.513 e. The molecule has 0 aromatic heterocycles. The van der Waals surface area contributed by atoms with Crippen LogP contribution in [-0.4, -0.2) is 41.7 Å². The highest BCUT2D eigenvalue weighted by molar-refractivity contribution is 6.32. The predicted octanol–water partition coefficient (Wildman–Crippen LogP) is 3.29.